The summed E-state index contributed by atoms with van der Waals surface area (Å²) in [5.41, 5.74) is 0.691. The Hall–Kier alpha value is -2.83. The molecule has 1 aromatic carbocycles. The largest absolute Gasteiger partial charge is 0.493 e. The summed E-state index contributed by atoms with van der Waals surface area (Å²) in [6, 6.07) is 6.59. The summed E-state index contributed by atoms with van der Waals surface area (Å²) in [4.78, 5) is 24.9. The highest BCUT2D eigenvalue weighted by Crippen LogP contribution is 2.39. The molecule has 1 aliphatic rings. The molecule has 0 bridgehead atoms. The van der Waals surface area contributed by atoms with Gasteiger partial charge in [-0.1, -0.05) is 0 Å². The molecule has 0 atom stereocenters. The first-order valence-corrected chi connectivity index (χ1v) is 8.12. The van der Waals surface area contributed by atoms with Gasteiger partial charge in [-0.2, -0.15) is 9.78 Å². The summed E-state index contributed by atoms with van der Waals surface area (Å²) in [5.74, 6) is 0.665. The molecule has 1 fully saturated rings. The average Bonchev–Trinajstić information content (AvgIpc) is 3.46. The van der Waals surface area contributed by atoms with Crippen LogP contribution in [-0.4, -0.2) is 36.6 Å². The second-order valence-electron chi connectivity index (χ2n) is 5.73. The molecule has 1 aliphatic carbocycles. The van der Waals surface area contributed by atoms with E-state index < -0.39 is 11.5 Å². The van der Waals surface area contributed by atoms with E-state index in [2.05, 4.69) is 5.10 Å². The van der Waals surface area contributed by atoms with E-state index in [9.17, 15) is 9.59 Å². The topological polar surface area (TPSA) is 79.7 Å². The first kappa shape index (κ1) is 17.0. The van der Waals surface area contributed by atoms with Gasteiger partial charge in [-0.05, 0) is 38.0 Å². The van der Waals surface area contributed by atoms with Gasteiger partial charge in [0.2, 0.25) is 0 Å². The molecule has 1 heterocycles. The minimum absolute atomic E-state index is 0.00599. The zero-order valence-electron chi connectivity index (χ0n) is 14.4. The van der Waals surface area contributed by atoms with Crippen molar-refractivity contribution in [2.24, 2.45) is 0 Å². The van der Waals surface area contributed by atoms with Crippen LogP contribution in [0.2, 0.25) is 0 Å². The predicted octanol–water partition coefficient (Wildman–Crippen LogP) is 2.30. The molecule has 3 rings (SSSR count). The zero-order chi connectivity index (χ0) is 18.0. The van der Waals surface area contributed by atoms with Gasteiger partial charge < -0.3 is 14.2 Å². The smallest absolute Gasteiger partial charge is 0.343 e. The van der Waals surface area contributed by atoms with E-state index in [0.29, 0.717) is 17.2 Å². The predicted molar refractivity (Wildman–Crippen MR) is 90.9 cm³/mol. The van der Waals surface area contributed by atoms with Gasteiger partial charge in [0.15, 0.2) is 11.5 Å². The van der Waals surface area contributed by atoms with Crippen molar-refractivity contribution in [3.05, 3.63) is 45.9 Å². The zero-order valence-corrected chi connectivity index (χ0v) is 14.4. The van der Waals surface area contributed by atoms with Crippen molar-refractivity contribution in [1.82, 2.24) is 9.78 Å². The van der Waals surface area contributed by atoms with Gasteiger partial charge in [-0.15, -0.1) is 0 Å². The Labute approximate surface area is 145 Å². The second kappa shape index (κ2) is 6.96. The van der Waals surface area contributed by atoms with Crippen molar-refractivity contribution in [2.75, 3.05) is 20.8 Å². The lowest BCUT2D eigenvalue weighted by atomic mass is 10.2. The molecule has 132 valence electrons. The maximum Gasteiger partial charge on any atom is 0.343 e. The Morgan fingerprint density at radius 1 is 1.20 bits per heavy atom. The van der Waals surface area contributed by atoms with E-state index in [1.165, 1.54) is 18.9 Å². The van der Waals surface area contributed by atoms with Gasteiger partial charge in [-0.25, -0.2) is 4.79 Å². The molecule has 25 heavy (non-hydrogen) atoms. The molecule has 0 N–H and O–H groups in total. The van der Waals surface area contributed by atoms with E-state index in [1.54, 1.807) is 31.2 Å². The van der Waals surface area contributed by atoms with Crippen molar-refractivity contribution in [3.8, 4) is 17.2 Å². The summed E-state index contributed by atoms with van der Waals surface area (Å²) >= 11 is 0. The lowest BCUT2D eigenvalue weighted by molar-refractivity contribution is 0.0523. The fourth-order valence-electron chi connectivity index (χ4n) is 2.58. The van der Waals surface area contributed by atoms with Crippen LogP contribution in [0.15, 0.2) is 29.1 Å². The van der Waals surface area contributed by atoms with E-state index >= 15 is 0 Å². The number of esters is 1. The van der Waals surface area contributed by atoms with E-state index in [1.807, 2.05) is 0 Å². The van der Waals surface area contributed by atoms with Crippen molar-refractivity contribution in [1.29, 1.82) is 0 Å². The summed E-state index contributed by atoms with van der Waals surface area (Å²) in [5, 5.41) is 4.44. The molecule has 1 saturated carbocycles. The molecular formula is C18H20N2O5. The summed E-state index contributed by atoms with van der Waals surface area (Å²) < 4.78 is 16.7. The number of nitrogens with zero attached hydrogens (tertiary/aromatic N) is 2. The van der Waals surface area contributed by atoms with Gasteiger partial charge in [0.1, 0.15) is 5.56 Å². The number of aromatic nitrogens is 2. The van der Waals surface area contributed by atoms with Gasteiger partial charge >= 0.3 is 5.97 Å². The summed E-state index contributed by atoms with van der Waals surface area (Å²) in [6.07, 6.45) is 2.00. The van der Waals surface area contributed by atoms with Crippen molar-refractivity contribution in [3.63, 3.8) is 0 Å². The Morgan fingerprint density at radius 3 is 2.52 bits per heavy atom. The minimum atomic E-state index is -0.633. The number of carbonyl (C=O) groups excluding carboxylic acids is 1. The molecule has 0 radical (unpaired) electrons. The van der Waals surface area contributed by atoms with Crippen LogP contribution in [0, 0.1) is 0 Å². The van der Waals surface area contributed by atoms with Crippen LogP contribution in [0.1, 0.15) is 41.7 Å². The van der Waals surface area contributed by atoms with Crippen molar-refractivity contribution >= 4 is 5.97 Å². The van der Waals surface area contributed by atoms with Crippen LogP contribution < -0.4 is 15.0 Å². The lowest BCUT2D eigenvalue weighted by Crippen LogP contribution is -2.29. The first-order valence-electron chi connectivity index (χ1n) is 8.12. The van der Waals surface area contributed by atoms with Crippen LogP contribution in [0.5, 0.6) is 11.5 Å². The number of benzene rings is 1. The summed E-state index contributed by atoms with van der Waals surface area (Å²) in [6.45, 7) is 1.91. The fourth-order valence-corrected chi connectivity index (χ4v) is 2.58. The summed E-state index contributed by atoms with van der Waals surface area (Å²) in [7, 11) is 3.05. The fraction of sp³-hybridized carbons (Fsp3) is 0.389. The quantitative estimate of drug-likeness (QED) is 0.748. The van der Waals surface area contributed by atoms with E-state index in [4.69, 9.17) is 14.2 Å². The minimum Gasteiger partial charge on any atom is -0.493 e. The second-order valence-corrected chi connectivity index (χ2v) is 5.73. The Morgan fingerprint density at radius 2 is 1.92 bits per heavy atom. The molecule has 0 spiro atoms. The monoisotopic (exact) mass is 344 g/mol. The van der Waals surface area contributed by atoms with Gasteiger partial charge in [0.25, 0.3) is 5.56 Å². The molecule has 0 amide bonds. The normalized spacial score (nSPS) is 13.4. The highest BCUT2D eigenvalue weighted by molar-refractivity contribution is 5.89. The van der Waals surface area contributed by atoms with Gasteiger partial charge in [0.05, 0.1) is 32.2 Å². The molecule has 0 aliphatic heterocycles. The van der Waals surface area contributed by atoms with Crippen LogP contribution in [0.3, 0.4) is 0 Å². The Balaban J connectivity index is 2.15. The molecular weight excluding hydrogens is 324 g/mol. The molecule has 1 aromatic heterocycles. The standard InChI is InChI=1S/C18H20N2O5/c1-4-25-18(22)13-10-14(11-5-6-11)19-20(17(13)21)12-7-8-15(23-2)16(9-12)24-3/h7-11H,4-6H2,1-3H3. The SMILES string of the molecule is CCOC(=O)c1cc(C2CC2)nn(-c2ccc(OC)c(OC)c2)c1=O. The maximum atomic E-state index is 12.8. The van der Waals surface area contributed by atoms with Crippen molar-refractivity contribution in [2.45, 2.75) is 25.7 Å². The van der Waals surface area contributed by atoms with Crippen LogP contribution in [-0.2, 0) is 4.74 Å². The Bertz CT molecular complexity index is 855. The number of carbonyl (C=O) groups is 1. The number of rotatable bonds is 6. The highest BCUT2D eigenvalue weighted by atomic mass is 16.5. The van der Waals surface area contributed by atoms with Crippen molar-refractivity contribution < 1.29 is 19.0 Å². The lowest BCUT2D eigenvalue weighted by Gasteiger charge is -2.12. The average molecular weight is 344 g/mol. The molecule has 7 nitrogen and oxygen atoms in total. The number of ether oxygens (including phenoxy) is 3. The molecule has 0 unspecified atom stereocenters. The molecule has 0 saturated heterocycles. The third-order valence-corrected chi connectivity index (χ3v) is 4.03. The van der Waals surface area contributed by atoms with Crippen LogP contribution in [0.4, 0.5) is 0 Å². The first-order chi connectivity index (χ1) is 12.1. The van der Waals surface area contributed by atoms with Gasteiger partial charge in [-0.3, -0.25) is 4.79 Å². The number of hydrogen-bond donors (Lipinski definition) is 0. The molecule has 2 aromatic rings. The highest BCUT2D eigenvalue weighted by Gasteiger charge is 2.28. The van der Waals surface area contributed by atoms with E-state index in [-0.39, 0.29) is 18.1 Å². The van der Waals surface area contributed by atoms with Crippen LogP contribution in [0.25, 0.3) is 5.69 Å². The van der Waals surface area contributed by atoms with Crippen LogP contribution >= 0.6 is 0 Å². The number of hydrogen-bond acceptors (Lipinski definition) is 6. The third kappa shape index (κ3) is 3.35. The molecule has 7 heteroatoms. The van der Waals surface area contributed by atoms with E-state index in [0.717, 1.165) is 18.5 Å². The van der Waals surface area contributed by atoms with Gasteiger partial charge in [0, 0.05) is 12.0 Å². The Kier molecular flexibility index (Phi) is 4.74. The maximum absolute atomic E-state index is 12.8. The third-order valence-electron chi connectivity index (χ3n) is 4.03. The number of methoxy groups -OCH3 is 2.